The number of likely N-dealkylation sites (tertiary alicyclic amines) is 1. The summed E-state index contributed by atoms with van der Waals surface area (Å²) in [4.78, 5) is 29.3. The summed E-state index contributed by atoms with van der Waals surface area (Å²) in [6.07, 6.45) is 3.00. The van der Waals surface area contributed by atoms with E-state index in [1.54, 1.807) is 26.2 Å². The lowest BCUT2D eigenvalue weighted by molar-refractivity contribution is -0.135. The van der Waals surface area contributed by atoms with Crippen LogP contribution in [0, 0.1) is 5.92 Å². The third kappa shape index (κ3) is 4.82. The minimum absolute atomic E-state index is 0.0400. The van der Waals surface area contributed by atoms with Crippen molar-refractivity contribution in [2.24, 2.45) is 5.92 Å². The second kappa shape index (κ2) is 9.98. The fourth-order valence-corrected chi connectivity index (χ4v) is 4.57. The lowest BCUT2D eigenvalue weighted by Crippen LogP contribution is -2.39. The highest BCUT2D eigenvalue weighted by Gasteiger charge is 2.37. The molecule has 1 saturated heterocycles. The van der Waals surface area contributed by atoms with Crippen LogP contribution in [-0.4, -0.2) is 62.6 Å². The predicted octanol–water partition coefficient (Wildman–Crippen LogP) is 3.38. The molecule has 0 N–H and O–H groups in total. The summed E-state index contributed by atoms with van der Waals surface area (Å²) in [5.41, 5.74) is 3.04. The second-order valence-electron chi connectivity index (χ2n) is 8.33. The van der Waals surface area contributed by atoms with Crippen LogP contribution in [0.25, 0.3) is 5.57 Å². The highest BCUT2D eigenvalue weighted by atomic mass is 16.5. The molecular formula is C26H30N2O5. The average molecular weight is 451 g/mol. The summed E-state index contributed by atoms with van der Waals surface area (Å²) in [6.45, 7) is 2.10. The number of methoxy groups -OCH3 is 3. The molecule has 4 rings (SSSR count). The summed E-state index contributed by atoms with van der Waals surface area (Å²) in [6, 6.07) is 13.5. The van der Waals surface area contributed by atoms with Gasteiger partial charge in [0.25, 0.3) is 0 Å². The van der Waals surface area contributed by atoms with Crippen LogP contribution in [0.2, 0.25) is 0 Å². The number of nitrogens with zero attached hydrogens (tertiary/aromatic N) is 2. The molecule has 2 heterocycles. The Hall–Kier alpha value is -3.48. The minimum atomic E-state index is -0.291. The van der Waals surface area contributed by atoms with Gasteiger partial charge in [0.1, 0.15) is 17.2 Å². The van der Waals surface area contributed by atoms with Gasteiger partial charge in [-0.05, 0) is 17.6 Å². The molecule has 2 amide bonds. The number of rotatable bonds is 7. The molecule has 0 aliphatic carbocycles. The van der Waals surface area contributed by atoms with Crippen molar-refractivity contribution in [3.63, 3.8) is 0 Å². The van der Waals surface area contributed by atoms with E-state index in [-0.39, 0.29) is 24.2 Å². The number of ether oxygens (including phenoxy) is 3. The van der Waals surface area contributed by atoms with Crippen molar-refractivity contribution in [2.75, 3.05) is 41.0 Å². The van der Waals surface area contributed by atoms with Gasteiger partial charge in [-0.3, -0.25) is 9.59 Å². The van der Waals surface area contributed by atoms with Gasteiger partial charge >= 0.3 is 0 Å². The molecule has 1 atom stereocenters. The van der Waals surface area contributed by atoms with Gasteiger partial charge in [-0.2, -0.15) is 0 Å². The van der Waals surface area contributed by atoms with Crippen LogP contribution in [-0.2, 0) is 16.1 Å². The highest BCUT2D eigenvalue weighted by Crippen LogP contribution is 2.41. The summed E-state index contributed by atoms with van der Waals surface area (Å²) in [5.74, 6) is 1.80. The third-order valence-electron chi connectivity index (χ3n) is 6.34. The first kappa shape index (κ1) is 22.7. The number of carbonyl (C=O) groups excluding carboxylic acids is 2. The van der Waals surface area contributed by atoms with Gasteiger partial charge in [0, 0.05) is 44.7 Å². The molecule has 1 fully saturated rings. The van der Waals surface area contributed by atoms with E-state index in [2.05, 4.69) is 0 Å². The van der Waals surface area contributed by atoms with E-state index in [1.165, 1.54) is 0 Å². The van der Waals surface area contributed by atoms with E-state index in [0.29, 0.717) is 49.8 Å². The molecule has 0 bridgehead atoms. The molecule has 0 saturated carbocycles. The van der Waals surface area contributed by atoms with Gasteiger partial charge in [0.2, 0.25) is 11.8 Å². The Morgan fingerprint density at radius 1 is 1.03 bits per heavy atom. The molecule has 33 heavy (non-hydrogen) atoms. The molecule has 0 radical (unpaired) electrons. The van der Waals surface area contributed by atoms with Gasteiger partial charge in [-0.25, -0.2) is 0 Å². The molecule has 7 heteroatoms. The standard InChI is InChI=1S/C26H30N2O5/c1-31-21-14-22(32-2)25(23(15-21)33-3)19-9-11-27(12-10-19)26(30)20-13-24(29)28(17-20)16-18-7-5-4-6-8-18/h4-9,14-15,20H,10-13,16-17H2,1-3H3. The maximum Gasteiger partial charge on any atom is 0.228 e. The highest BCUT2D eigenvalue weighted by molar-refractivity contribution is 5.90. The van der Waals surface area contributed by atoms with Gasteiger partial charge in [-0.1, -0.05) is 36.4 Å². The molecule has 0 aromatic heterocycles. The quantitative estimate of drug-likeness (QED) is 0.647. The largest absolute Gasteiger partial charge is 0.496 e. The first-order valence-corrected chi connectivity index (χ1v) is 11.1. The van der Waals surface area contributed by atoms with E-state index in [1.807, 2.05) is 53.4 Å². The van der Waals surface area contributed by atoms with Crippen molar-refractivity contribution in [2.45, 2.75) is 19.4 Å². The zero-order chi connectivity index (χ0) is 23.4. The van der Waals surface area contributed by atoms with Gasteiger partial charge < -0.3 is 24.0 Å². The van der Waals surface area contributed by atoms with E-state index in [0.717, 1.165) is 16.7 Å². The zero-order valence-corrected chi connectivity index (χ0v) is 19.4. The van der Waals surface area contributed by atoms with Crippen LogP contribution in [0.5, 0.6) is 17.2 Å². The molecule has 1 unspecified atom stereocenters. The summed E-state index contributed by atoms with van der Waals surface area (Å²) in [5, 5.41) is 0. The van der Waals surface area contributed by atoms with Crippen molar-refractivity contribution in [1.29, 1.82) is 0 Å². The van der Waals surface area contributed by atoms with Crippen LogP contribution in [0.3, 0.4) is 0 Å². The summed E-state index contributed by atoms with van der Waals surface area (Å²) in [7, 11) is 4.84. The Balaban J connectivity index is 1.44. The van der Waals surface area contributed by atoms with Crippen molar-refractivity contribution in [3.05, 3.63) is 59.7 Å². The SMILES string of the molecule is COc1cc(OC)c(C2=CCN(C(=O)C3CC(=O)N(Cc4ccccc4)C3)CC2)c(OC)c1. The Kier molecular flexibility index (Phi) is 6.87. The van der Waals surface area contributed by atoms with E-state index < -0.39 is 0 Å². The fourth-order valence-electron chi connectivity index (χ4n) is 4.57. The summed E-state index contributed by atoms with van der Waals surface area (Å²) >= 11 is 0. The normalized spacial score (nSPS) is 18.2. The molecule has 2 aromatic rings. The number of carbonyl (C=O) groups is 2. The Labute approximate surface area is 194 Å². The molecule has 7 nitrogen and oxygen atoms in total. The topological polar surface area (TPSA) is 68.3 Å². The zero-order valence-electron chi connectivity index (χ0n) is 19.4. The van der Waals surface area contributed by atoms with E-state index in [9.17, 15) is 9.59 Å². The molecule has 2 aliphatic heterocycles. The smallest absolute Gasteiger partial charge is 0.228 e. The number of benzene rings is 2. The second-order valence-corrected chi connectivity index (χ2v) is 8.33. The fraction of sp³-hybridized carbons (Fsp3) is 0.385. The van der Waals surface area contributed by atoms with Crippen molar-refractivity contribution in [3.8, 4) is 17.2 Å². The molecule has 174 valence electrons. The van der Waals surface area contributed by atoms with E-state index >= 15 is 0 Å². The van der Waals surface area contributed by atoms with Crippen LogP contribution >= 0.6 is 0 Å². The van der Waals surface area contributed by atoms with Crippen LogP contribution < -0.4 is 14.2 Å². The van der Waals surface area contributed by atoms with Gasteiger partial charge in [0.05, 0.1) is 32.8 Å². The molecule has 2 aliphatic rings. The Morgan fingerprint density at radius 2 is 1.73 bits per heavy atom. The number of amides is 2. The third-order valence-corrected chi connectivity index (χ3v) is 6.34. The Morgan fingerprint density at radius 3 is 2.30 bits per heavy atom. The number of hydrogen-bond donors (Lipinski definition) is 0. The number of hydrogen-bond acceptors (Lipinski definition) is 5. The van der Waals surface area contributed by atoms with Crippen LogP contribution in [0.1, 0.15) is 24.0 Å². The first-order valence-electron chi connectivity index (χ1n) is 11.1. The molecular weight excluding hydrogens is 420 g/mol. The van der Waals surface area contributed by atoms with Crippen LogP contribution in [0.15, 0.2) is 48.5 Å². The maximum absolute atomic E-state index is 13.2. The van der Waals surface area contributed by atoms with Crippen molar-refractivity contribution in [1.82, 2.24) is 9.80 Å². The lowest BCUT2D eigenvalue weighted by atomic mass is 9.96. The van der Waals surface area contributed by atoms with Gasteiger partial charge in [0.15, 0.2) is 0 Å². The van der Waals surface area contributed by atoms with E-state index in [4.69, 9.17) is 14.2 Å². The van der Waals surface area contributed by atoms with Crippen LogP contribution in [0.4, 0.5) is 0 Å². The average Bonchev–Trinajstić information content (AvgIpc) is 3.23. The minimum Gasteiger partial charge on any atom is -0.496 e. The molecule has 2 aromatic carbocycles. The molecule has 0 spiro atoms. The predicted molar refractivity (Wildman–Crippen MR) is 125 cm³/mol. The monoisotopic (exact) mass is 450 g/mol. The maximum atomic E-state index is 13.2. The lowest BCUT2D eigenvalue weighted by Gasteiger charge is -2.29. The Bertz CT molecular complexity index is 1020. The van der Waals surface area contributed by atoms with Crippen molar-refractivity contribution >= 4 is 17.4 Å². The summed E-state index contributed by atoms with van der Waals surface area (Å²) < 4.78 is 16.5. The van der Waals surface area contributed by atoms with Crippen molar-refractivity contribution < 1.29 is 23.8 Å². The van der Waals surface area contributed by atoms with Gasteiger partial charge in [-0.15, -0.1) is 0 Å². The first-order chi connectivity index (χ1) is 16.0.